The maximum absolute atomic E-state index is 12.6. The van der Waals surface area contributed by atoms with E-state index in [1.807, 2.05) is 25.1 Å². The zero-order valence-electron chi connectivity index (χ0n) is 17.3. The summed E-state index contributed by atoms with van der Waals surface area (Å²) in [7, 11) is 3.16. The first-order chi connectivity index (χ1) is 14.6. The first kappa shape index (κ1) is 21.0. The number of benzene rings is 3. The Hall–Kier alpha value is -3.67. The van der Waals surface area contributed by atoms with E-state index in [-0.39, 0.29) is 5.91 Å². The Labute approximate surface area is 176 Å². The van der Waals surface area contributed by atoms with E-state index in [1.54, 1.807) is 62.8 Å². The van der Waals surface area contributed by atoms with E-state index in [4.69, 9.17) is 18.9 Å². The molecule has 1 N–H and O–H groups in total. The summed E-state index contributed by atoms with van der Waals surface area (Å²) >= 11 is 0. The van der Waals surface area contributed by atoms with Crippen LogP contribution in [0.25, 0.3) is 0 Å². The number of rotatable bonds is 9. The Kier molecular flexibility index (Phi) is 7.16. The number of carbonyl (C=O) groups excluding carboxylic acids is 1. The van der Waals surface area contributed by atoms with Gasteiger partial charge in [0.05, 0.1) is 20.8 Å². The highest BCUT2D eigenvalue weighted by Crippen LogP contribution is 2.29. The molecular weight excluding hydrogens is 382 g/mol. The lowest BCUT2D eigenvalue weighted by atomic mass is 10.1. The van der Waals surface area contributed by atoms with Gasteiger partial charge in [0.25, 0.3) is 5.91 Å². The zero-order valence-corrected chi connectivity index (χ0v) is 17.3. The van der Waals surface area contributed by atoms with Gasteiger partial charge in [-0.05, 0) is 61.0 Å². The Morgan fingerprint density at radius 2 is 1.60 bits per heavy atom. The number of methoxy groups -OCH3 is 2. The third-order valence-corrected chi connectivity index (χ3v) is 4.28. The van der Waals surface area contributed by atoms with E-state index < -0.39 is 0 Å². The minimum atomic E-state index is -0.239. The van der Waals surface area contributed by atoms with Gasteiger partial charge in [-0.25, -0.2) is 0 Å². The summed E-state index contributed by atoms with van der Waals surface area (Å²) in [5.41, 5.74) is 1.13. The Balaban J connectivity index is 1.65. The van der Waals surface area contributed by atoms with Crippen molar-refractivity contribution in [3.63, 3.8) is 0 Å². The summed E-state index contributed by atoms with van der Waals surface area (Å²) < 4.78 is 22.0. The van der Waals surface area contributed by atoms with Crippen LogP contribution in [0.4, 0.5) is 5.69 Å². The number of anilines is 1. The van der Waals surface area contributed by atoms with Crippen molar-refractivity contribution in [2.75, 3.05) is 26.1 Å². The van der Waals surface area contributed by atoms with Gasteiger partial charge in [0, 0.05) is 17.3 Å². The second kappa shape index (κ2) is 10.2. The van der Waals surface area contributed by atoms with Crippen LogP contribution in [0.3, 0.4) is 0 Å². The molecule has 3 aromatic carbocycles. The van der Waals surface area contributed by atoms with Crippen LogP contribution in [0.2, 0.25) is 0 Å². The van der Waals surface area contributed by atoms with Gasteiger partial charge in [-0.1, -0.05) is 13.0 Å². The summed E-state index contributed by atoms with van der Waals surface area (Å²) in [6, 6.07) is 19.6. The fraction of sp³-hybridized carbons (Fsp3) is 0.208. The molecule has 0 saturated carbocycles. The molecule has 0 aliphatic heterocycles. The number of nitrogens with one attached hydrogen (secondary N) is 1. The van der Waals surface area contributed by atoms with Gasteiger partial charge in [0.1, 0.15) is 17.2 Å². The van der Waals surface area contributed by atoms with Gasteiger partial charge < -0.3 is 24.3 Å². The number of carbonyl (C=O) groups is 1. The van der Waals surface area contributed by atoms with Gasteiger partial charge in [-0.2, -0.15) is 0 Å². The average molecular weight is 407 g/mol. The van der Waals surface area contributed by atoms with Gasteiger partial charge >= 0.3 is 0 Å². The van der Waals surface area contributed by atoms with E-state index >= 15 is 0 Å². The van der Waals surface area contributed by atoms with E-state index in [0.29, 0.717) is 40.9 Å². The number of hydrogen-bond acceptors (Lipinski definition) is 5. The number of amides is 1. The Morgan fingerprint density at radius 1 is 0.833 bits per heavy atom. The lowest BCUT2D eigenvalue weighted by Gasteiger charge is -2.12. The summed E-state index contributed by atoms with van der Waals surface area (Å²) in [6.45, 7) is 2.62. The normalized spacial score (nSPS) is 10.2. The second-order valence-corrected chi connectivity index (χ2v) is 6.47. The van der Waals surface area contributed by atoms with E-state index in [1.165, 1.54) is 0 Å². The molecule has 0 aliphatic carbocycles. The molecule has 0 unspecified atom stereocenters. The van der Waals surface area contributed by atoms with Crippen molar-refractivity contribution >= 4 is 11.6 Å². The quantitative estimate of drug-likeness (QED) is 0.505. The first-order valence-corrected chi connectivity index (χ1v) is 9.67. The summed E-state index contributed by atoms with van der Waals surface area (Å²) in [5, 5.41) is 2.87. The molecule has 6 nitrogen and oxygen atoms in total. The largest absolute Gasteiger partial charge is 0.497 e. The highest BCUT2D eigenvalue weighted by molar-refractivity contribution is 6.04. The molecule has 0 fully saturated rings. The SMILES string of the molecule is CCCOc1ccc(C(=O)Nc2ccc(Oc3cccc(OC)c3)cc2)cc1OC. The van der Waals surface area contributed by atoms with Gasteiger partial charge in [-0.3, -0.25) is 4.79 Å². The van der Waals surface area contributed by atoms with Crippen molar-refractivity contribution in [1.29, 1.82) is 0 Å². The average Bonchev–Trinajstić information content (AvgIpc) is 2.79. The minimum Gasteiger partial charge on any atom is -0.497 e. The predicted molar refractivity (Wildman–Crippen MR) is 116 cm³/mol. The highest BCUT2D eigenvalue weighted by atomic mass is 16.5. The topological polar surface area (TPSA) is 66.0 Å². The molecule has 156 valence electrons. The van der Waals surface area contributed by atoms with Crippen molar-refractivity contribution in [1.82, 2.24) is 0 Å². The lowest BCUT2D eigenvalue weighted by molar-refractivity contribution is 0.102. The van der Waals surface area contributed by atoms with Gasteiger partial charge in [-0.15, -0.1) is 0 Å². The maximum atomic E-state index is 12.6. The summed E-state index contributed by atoms with van der Waals surface area (Å²) in [5.74, 6) is 2.95. The molecule has 0 aliphatic rings. The van der Waals surface area contributed by atoms with Crippen LogP contribution < -0.4 is 24.3 Å². The smallest absolute Gasteiger partial charge is 0.255 e. The molecule has 3 rings (SSSR count). The molecule has 0 spiro atoms. The fourth-order valence-electron chi connectivity index (χ4n) is 2.75. The molecule has 0 aromatic heterocycles. The minimum absolute atomic E-state index is 0.239. The molecule has 3 aromatic rings. The summed E-state index contributed by atoms with van der Waals surface area (Å²) in [6.07, 6.45) is 0.892. The third-order valence-electron chi connectivity index (χ3n) is 4.28. The number of ether oxygens (including phenoxy) is 4. The van der Waals surface area contributed by atoms with Crippen LogP contribution >= 0.6 is 0 Å². The van der Waals surface area contributed by atoms with Crippen LogP contribution in [0.1, 0.15) is 23.7 Å². The van der Waals surface area contributed by atoms with Gasteiger partial charge in [0.15, 0.2) is 11.5 Å². The van der Waals surface area contributed by atoms with Crippen molar-refractivity contribution in [3.05, 3.63) is 72.3 Å². The Bertz CT molecular complexity index is 985. The molecule has 0 heterocycles. The molecule has 0 atom stereocenters. The predicted octanol–water partition coefficient (Wildman–Crippen LogP) is 5.54. The van der Waals surface area contributed by atoms with Crippen LogP contribution in [-0.2, 0) is 0 Å². The third kappa shape index (κ3) is 5.44. The molecule has 6 heteroatoms. The van der Waals surface area contributed by atoms with E-state index in [2.05, 4.69) is 5.32 Å². The van der Waals surface area contributed by atoms with Crippen LogP contribution in [-0.4, -0.2) is 26.7 Å². The highest BCUT2D eigenvalue weighted by Gasteiger charge is 2.12. The van der Waals surface area contributed by atoms with E-state index in [9.17, 15) is 4.79 Å². The van der Waals surface area contributed by atoms with Crippen LogP contribution in [0, 0.1) is 0 Å². The van der Waals surface area contributed by atoms with Crippen LogP contribution in [0.15, 0.2) is 66.7 Å². The standard InChI is InChI=1S/C24H25NO5/c1-4-14-29-22-13-8-17(15-23(22)28-3)24(26)25-18-9-11-19(12-10-18)30-21-7-5-6-20(16-21)27-2/h5-13,15-16H,4,14H2,1-3H3,(H,25,26). The van der Waals surface area contributed by atoms with Crippen molar-refractivity contribution < 1.29 is 23.7 Å². The van der Waals surface area contributed by atoms with E-state index in [0.717, 1.165) is 12.2 Å². The lowest BCUT2D eigenvalue weighted by Crippen LogP contribution is -2.12. The molecule has 30 heavy (non-hydrogen) atoms. The Morgan fingerprint density at radius 3 is 2.30 bits per heavy atom. The molecular formula is C24H25NO5. The van der Waals surface area contributed by atoms with Crippen LogP contribution in [0.5, 0.6) is 28.7 Å². The van der Waals surface area contributed by atoms with Crippen molar-refractivity contribution in [3.8, 4) is 28.7 Å². The van der Waals surface area contributed by atoms with Crippen molar-refractivity contribution in [2.24, 2.45) is 0 Å². The molecule has 1 amide bonds. The number of hydrogen-bond donors (Lipinski definition) is 1. The zero-order chi connectivity index (χ0) is 21.3. The first-order valence-electron chi connectivity index (χ1n) is 9.67. The van der Waals surface area contributed by atoms with Crippen molar-refractivity contribution in [2.45, 2.75) is 13.3 Å². The summed E-state index contributed by atoms with van der Waals surface area (Å²) in [4.78, 5) is 12.6. The fourth-order valence-corrected chi connectivity index (χ4v) is 2.75. The molecule has 0 radical (unpaired) electrons. The molecule has 0 bridgehead atoms. The maximum Gasteiger partial charge on any atom is 0.255 e. The van der Waals surface area contributed by atoms with Gasteiger partial charge in [0.2, 0.25) is 0 Å². The second-order valence-electron chi connectivity index (χ2n) is 6.47. The molecule has 0 saturated heterocycles. The monoisotopic (exact) mass is 407 g/mol.